The van der Waals surface area contributed by atoms with Crippen molar-refractivity contribution in [2.24, 2.45) is 5.84 Å². The lowest BCUT2D eigenvalue weighted by atomic mass is 10.2. The molecule has 9 nitrogen and oxygen atoms in total. The van der Waals surface area contributed by atoms with Crippen molar-refractivity contribution >= 4 is 23.5 Å². The number of ketones is 1. The zero-order chi connectivity index (χ0) is 17.1. The molecule has 0 aliphatic carbocycles. The average Bonchev–Trinajstić information content (AvgIpc) is 2.83. The van der Waals surface area contributed by atoms with Crippen molar-refractivity contribution in [2.75, 3.05) is 32.8 Å². The first-order chi connectivity index (χ1) is 11.0. The van der Waals surface area contributed by atoms with E-state index in [2.05, 4.69) is 10.7 Å². The van der Waals surface area contributed by atoms with Crippen LogP contribution in [0.3, 0.4) is 0 Å². The lowest BCUT2D eigenvalue weighted by molar-refractivity contribution is -0.137. The van der Waals surface area contributed by atoms with Crippen LogP contribution in [-0.4, -0.2) is 61.3 Å². The van der Waals surface area contributed by atoms with Gasteiger partial charge in [-0.1, -0.05) is 0 Å². The number of rotatable bonds is 12. The van der Waals surface area contributed by atoms with E-state index in [1.165, 1.54) is 12.2 Å². The fraction of sp³-hybridized carbons (Fsp3) is 0.571. The maximum absolute atomic E-state index is 11.6. The Labute approximate surface area is 134 Å². The third-order valence-corrected chi connectivity index (χ3v) is 3.08. The van der Waals surface area contributed by atoms with E-state index in [0.29, 0.717) is 32.6 Å². The minimum absolute atomic E-state index is 0.0184. The summed E-state index contributed by atoms with van der Waals surface area (Å²) in [4.78, 5) is 46.3. The first-order valence-electron chi connectivity index (χ1n) is 7.37. The summed E-state index contributed by atoms with van der Waals surface area (Å²) >= 11 is 0. The summed E-state index contributed by atoms with van der Waals surface area (Å²) in [5.41, 5.74) is 2.29. The quantitative estimate of drug-likeness (QED) is 0.168. The molecular formula is C14H22N4O5. The monoisotopic (exact) mass is 326 g/mol. The zero-order valence-electron chi connectivity index (χ0n) is 12.9. The maximum atomic E-state index is 11.6. The van der Waals surface area contributed by atoms with E-state index in [0.717, 1.165) is 4.90 Å². The van der Waals surface area contributed by atoms with Gasteiger partial charge >= 0.3 is 0 Å². The van der Waals surface area contributed by atoms with Crippen LogP contribution in [0.5, 0.6) is 0 Å². The van der Waals surface area contributed by atoms with Crippen LogP contribution in [0, 0.1) is 0 Å². The van der Waals surface area contributed by atoms with Gasteiger partial charge in [-0.25, -0.2) is 0 Å². The second-order valence-electron chi connectivity index (χ2n) is 4.90. The first-order valence-corrected chi connectivity index (χ1v) is 7.37. The van der Waals surface area contributed by atoms with Crippen LogP contribution >= 0.6 is 0 Å². The number of carbonyl (C=O) groups excluding carboxylic acids is 4. The number of Topliss-reactive ketones (excluding diaryl/α,β-unsaturated/α-hetero) is 1. The van der Waals surface area contributed by atoms with E-state index < -0.39 is 11.8 Å². The van der Waals surface area contributed by atoms with E-state index in [9.17, 15) is 19.2 Å². The lowest BCUT2D eigenvalue weighted by Crippen LogP contribution is -2.35. The molecule has 0 atom stereocenters. The summed E-state index contributed by atoms with van der Waals surface area (Å²) in [6.45, 7) is 1.30. The van der Waals surface area contributed by atoms with E-state index in [4.69, 9.17) is 10.6 Å². The van der Waals surface area contributed by atoms with Crippen molar-refractivity contribution < 1.29 is 23.9 Å². The second-order valence-corrected chi connectivity index (χ2v) is 4.90. The molecule has 0 saturated carbocycles. The van der Waals surface area contributed by atoms with Crippen molar-refractivity contribution in [3.63, 3.8) is 0 Å². The van der Waals surface area contributed by atoms with Gasteiger partial charge in [-0.15, -0.1) is 0 Å². The van der Waals surface area contributed by atoms with Gasteiger partial charge in [-0.3, -0.25) is 35.3 Å². The summed E-state index contributed by atoms with van der Waals surface area (Å²) < 4.78 is 5.28. The molecule has 0 fully saturated rings. The maximum Gasteiger partial charge on any atom is 0.253 e. The molecule has 128 valence electrons. The molecule has 0 saturated heterocycles. The largest absolute Gasteiger partial charge is 0.380 e. The molecule has 1 aliphatic heterocycles. The zero-order valence-corrected chi connectivity index (χ0v) is 12.9. The topological polar surface area (TPSA) is 131 Å². The number of hydrazine groups is 1. The Kier molecular flexibility index (Phi) is 8.73. The Morgan fingerprint density at radius 1 is 1.13 bits per heavy atom. The SMILES string of the molecule is NNCC(=O)CCCOCCNC(=O)CCN1C(=O)C=CC1=O. The second kappa shape index (κ2) is 10.6. The van der Waals surface area contributed by atoms with Crippen LogP contribution in [-0.2, 0) is 23.9 Å². The van der Waals surface area contributed by atoms with Gasteiger partial charge in [0.1, 0.15) is 5.78 Å². The highest BCUT2D eigenvalue weighted by Gasteiger charge is 2.23. The van der Waals surface area contributed by atoms with Gasteiger partial charge in [0.25, 0.3) is 11.8 Å². The first kappa shape index (κ1) is 18.9. The number of hydrogen-bond acceptors (Lipinski definition) is 7. The minimum Gasteiger partial charge on any atom is -0.380 e. The van der Waals surface area contributed by atoms with E-state index in [1.54, 1.807) is 0 Å². The molecular weight excluding hydrogens is 304 g/mol. The molecule has 3 amide bonds. The summed E-state index contributed by atoms with van der Waals surface area (Å²) in [5.74, 6) is 3.99. The van der Waals surface area contributed by atoms with Crippen LogP contribution in [0.25, 0.3) is 0 Å². The predicted molar refractivity (Wildman–Crippen MR) is 80.7 cm³/mol. The average molecular weight is 326 g/mol. The van der Waals surface area contributed by atoms with Crippen molar-refractivity contribution in [3.8, 4) is 0 Å². The molecule has 1 aliphatic rings. The van der Waals surface area contributed by atoms with Gasteiger partial charge in [0, 0.05) is 44.7 Å². The highest BCUT2D eigenvalue weighted by Crippen LogP contribution is 2.03. The molecule has 0 bridgehead atoms. The Hall–Kier alpha value is -2.10. The third-order valence-electron chi connectivity index (χ3n) is 3.08. The molecule has 1 heterocycles. The fourth-order valence-electron chi connectivity index (χ4n) is 1.89. The molecule has 4 N–H and O–H groups in total. The predicted octanol–water partition coefficient (Wildman–Crippen LogP) is -1.75. The number of nitrogens with zero attached hydrogens (tertiary/aromatic N) is 1. The normalized spacial score (nSPS) is 13.7. The summed E-state index contributed by atoms with van der Waals surface area (Å²) in [7, 11) is 0. The number of amides is 3. The van der Waals surface area contributed by atoms with Crippen molar-refractivity contribution in [1.29, 1.82) is 0 Å². The molecule has 0 aromatic rings. The molecule has 1 rings (SSSR count). The fourth-order valence-corrected chi connectivity index (χ4v) is 1.89. The van der Waals surface area contributed by atoms with Crippen LogP contribution < -0.4 is 16.6 Å². The Bertz CT molecular complexity index is 460. The highest BCUT2D eigenvalue weighted by atomic mass is 16.5. The molecule has 0 unspecified atom stereocenters. The smallest absolute Gasteiger partial charge is 0.253 e. The summed E-state index contributed by atoms with van der Waals surface area (Å²) in [6, 6.07) is 0. The number of carbonyl (C=O) groups is 4. The van der Waals surface area contributed by atoms with Crippen LogP contribution in [0.1, 0.15) is 19.3 Å². The lowest BCUT2D eigenvalue weighted by Gasteiger charge is -2.13. The summed E-state index contributed by atoms with van der Waals surface area (Å²) in [6.07, 6.45) is 3.41. The number of nitrogens with one attached hydrogen (secondary N) is 2. The number of imide groups is 1. The number of hydrogen-bond donors (Lipinski definition) is 3. The molecule has 0 radical (unpaired) electrons. The van der Waals surface area contributed by atoms with Crippen molar-refractivity contribution in [1.82, 2.24) is 15.6 Å². The van der Waals surface area contributed by atoms with Gasteiger partial charge < -0.3 is 10.1 Å². The third kappa shape index (κ3) is 7.63. The van der Waals surface area contributed by atoms with Crippen LogP contribution in [0.4, 0.5) is 0 Å². The Morgan fingerprint density at radius 2 is 1.83 bits per heavy atom. The van der Waals surface area contributed by atoms with E-state index in [-0.39, 0.29) is 31.2 Å². The van der Waals surface area contributed by atoms with Crippen molar-refractivity contribution in [2.45, 2.75) is 19.3 Å². The van der Waals surface area contributed by atoms with Crippen molar-refractivity contribution in [3.05, 3.63) is 12.2 Å². The van der Waals surface area contributed by atoms with Crippen LogP contribution in [0.15, 0.2) is 12.2 Å². The number of ether oxygens (including phenoxy) is 1. The number of nitrogens with two attached hydrogens (primary N) is 1. The van der Waals surface area contributed by atoms with E-state index in [1.807, 2.05) is 0 Å². The van der Waals surface area contributed by atoms with Gasteiger partial charge in [0.05, 0.1) is 13.2 Å². The standard InChI is InChI=1S/C14H22N4O5/c15-17-10-11(19)2-1-8-23-9-6-16-12(20)5-7-18-13(21)3-4-14(18)22/h3-4,17H,1-2,5-10,15H2,(H,16,20). The highest BCUT2D eigenvalue weighted by molar-refractivity contribution is 6.13. The van der Waals surface area contributed by atoms with Gasteiger partial charge in [-0.05, 0) is 6.42 Å². The molecule has 23 heavy (non-hydrogen) atoms. The Morgan fingerprint density at radius 3 is 2.48 bits per heavy atom. The summed E-state index contributed by atoms with van der Waals surface area (Å²) in [5, 5.41) is 2.63. The molecule has 9 heteroatoms. The van der Waals surface area contributed by atoms with E-state index >= 15 is 0 Å². The molecule has 0 aromatic heterocycles. The Balaban J connectivity index is 1.97. The van der Waals surface area contributed by atoms with Crippen LogP contribution in [0.2, 0.25) is 0 Å². The molecule has 0 spiro atoms. The minimum atomic E-state index is -0.398. The van der Waals surface area contributed by atoms with Gasteiger partial charge in [0.2, 0.25) is 5.91 Å². The van der Waals surface area contributed by atoms with Gasteiger partial charge in [-0.2, -0.15) is 0 Å². The van der Waals surface area contributed by atoms with Gasteiger partial charge in [0.15, 0.2) is 0 Å². The molecule has 0 aromatic carbocycles.